The fourth-order valence-corrected chi connectivity index (χ4v) is 1.27. The lowest BCUT2D eigenvalue weighted by Gasteiger charge is -2.12. The van der Waals surface area contributed by atoms with Crippen LogP contribution in [0.15, 0.2) is 30.3 Å². The van der Waals surface area contributed by atoms with E-state index in [0.29, 0.717) is 0 Å². The molecule has 1 atom stereocenters. The Balaban J connectivity index is 2.44. The smallest absolute Gasteiger partial charge is 0.0843 e. The minimum atomic E-state index is -0.309. The third kappa shape index (κ3) is 3.57. The van der Waals surface area contributed by atoms with Gasteiger partial charge in [0.2, 0.25) is 0 Å². The molecule has 2 heteroatoms. The van der Waals surface area contributed by atoms with Gasteiger partial charge in [0.15, 0.2) is 0 Å². The maximum atomic E-state index is 9.76. The zero-order chi connectivity index (χ0) is 9.68. The van der Waals surface area contributed by atoms with Gasteiger partial charge < -0.3 is 10.0 Å². The highest BCUT2D eigenvalue weighted by atomic mass is 16.3. The lowest BCUT2D eigenvalue weighted by atomic mass is 10.1. The van der Waals surface area contributed by atoms with Gasteiger partial charge in [-0.1, -0.05) is 30.3 Å². The molecule has 0 aliphatic rings. The molecule has 0 amide bonds. The molecular weight excluding hydrogens is 162 g/mol. The molecule has 0 fully saturated rings. The van der Waals surface area contributed by atoms with Crippen LogP contribution in [0.1, 0.15) is 18.1 Å². The van der Waals surface area contributed by atoms with Crippen molar-refractivity contribution in [1.82, 2.24) is 0 Å². The minimum Gasteiger partial charge on any atom is -0.388 e. The van der Waals surface area contributed by atoms with Crippen LogP contribution in [0.2, 0.25) is 0 Å². The van der Waals surface area contributed by atoms with Crippen molar-refractivity contribution in [3.63, 3.8) is 0 Å². The van der Waals surface area contributed by atoms with E-state index in [1.807, 2.05) is 30.3 Å². The summed E-state index contributed by atoms with van der Waals surface area (Å²) in [5.41, 5.74) is 1.02. The first-order valence-corrected chi connectivity index (χ1v) is 4.72. The summed E-state index contributed by atoms with van der Waals surface area (Å²) in [6.45, 7) is 0.996. The van der Waals surface area contributed by atoms with Crippen molar-refractivity contribution in [2.24, 2.45) is 0 Å². The van der Waals surface area contributed by atoms with Crippen LogP contribution in [-0.2, 0) is 0 Å². The van der Waals surface area contributed by atoms with Gasteiger partial charge in [-0.05, 0) is 5.56 Å². The van der Waals surface area contributed by atoms with E-state index in [4.69, 9.17) is 0 Å². The van der Waals surface area contributed by atoms with E-state index in [1.54, 1.807) is 0 Å². The molecular formula is C11H18NO+. The van der Waals surface area contributed by atoms with E-state index in [0.717, 1.165) is 18.5 Å². The molecule has 0 bridgehead atoms. The van der Waals surface area contributed by atoms with Crippen LogP contribution in [0.25, 0.3) is 0 Å². The van der Waals surface area contributed by atoms with Crippen molar-refractivity contribution in [1.29, 1.82) is 0 Å². The Morgan fingerprint density at radius 3 is 2.38 bits per heavy atom. The number of quaternary nitrogens is 1. The van der Waals surface area contributed by atoms with E-state index in [9.17, 15) is 5.11 Å². The summed E-state index contributed by atoms with van der Waals surface area (Å²) in [7, 11) is 4.19. The van der Waals surface area contributed by atoms with E-state index in [1.165, 1.54) is 4.90 Å². The first kappa shape index (κ1) is 10.2. The van der Waals surface area contributed by atoms with E-state index in [2.05, 4.69) is 14.1 Å². The van der Waals surface area contributed by atoms with Crippen LogP contribution in [0, 0.1) is 0 Å². The van der Waals surface area contributed by atoms with E-state index >= 15 is 0 Å². The largest absolute Gasteiger partial charge is 0.388 e. The van der Waals surface area contributed by atoms with Gasteiger partial charge in [0.25, 0.3) is 0 Å². The Bertz CT molecular complexity index is 233. The fraction of sp³-hybridized carbons (Fsp3) is 0.455. The molecule has 72 valence electrons. The van der Waals surface area contributed by atoms with Crippen molar-refractivity contribution in [2.45, 2.75) is 12.5 Å². The quantitative estimate of drug-likeness (QED) is 0.682. The Morgan fingerprint density at radius 2 is 1.85 bits per heavy atom. The summed E-state index contributed by atoms with van der Waals surface area (Å²) in [6.07, 6.45) is 0.517. The molecule has 2 N–H and O–H groups in total. The van der Waals surface area contributed by atoms with E-state index < -0.39 is 0 Å². The van der Waals surface area contributed by atoms with E-state index in [-0.39, 0.29) is 6.10 Å². The third-order valence-electron chi connectivity index (χ3n) is 2.10. The summed E-state index contributed by atoms with van der Waals surface area (Å²) in [6, 6.07) is 9.82. The Kier molecular flexibility index (Phi) is 3.93. The van der Waals surface area contributed by atoms with Crippen molar-refractivity contribution in [2.75, 3.05) is 20.6 Å². The summed E-state index contributed by atoms with van der Waals surface area (Å²) in [5.74, 6) is 0. The first-order valence-electron chi connectivity index (χ1n) is 4.72. The maximum absolute atomic E-state index is 9.76. The summed E-state index contributed by atoms with van der Waals surface area (Å²) in [5, 5.41) is 9.76. The van der Waals surface area contributed by atoms with Crippen LogP contribution in [0.4, 0.5) is 0 Å². The number of hydrogen-bond donors (Lipinski definition) is 2. The molecule has 1 unspecified atom stereocenters. The van der Waals surface area contributed by atoms with Gasteiger partial charge in [-0.3, -0.25) is 0 Å². The first-order chi connectivity index (χ1) is 6.20. The van der Waals surface area contributed by atoms with Crippen LogP contribution in [0.3, 0.4) is 0 Å². The van der Waals surface area contributed by atoms with Crippen LogP contribution in [-0.4, -0.2) is 25.7 Å². The molecule has 1 aromatic carbocycles. The molecule has 0 saturated carbocycles. The van der Waals surface area contributed by atoms with Crippen molar-refractivity contribution >= 4 is 0 Å². The second kappa shape index (κ2) is 5.00. The lowest BCUT2D eigenvalue weighted by Crippen LogP contribution is -3.05. The van der Waals surface area contributed by atoms with Gasteiger partial charge in [-0.15, -0.1) is 0 Å². The molecule has 0 aromatic heterocycles. The molecule has 0 spiro atoms. The Labute approximate surface area is 79.8 Å². The van der Waals surface area contributed by atoms with Gasteiger partial charge in [0.1, 0.15) is 0 Å². The van der Waals surface area contributed by atoms with Gasteiger partial charge in [-0.25, -0.2) is 0 Å². The molecule has 1 rings (SSSR count). The highest BCUT2D eigenvalue weighted by Gasteiger charge is 2.07. The molecule has 0 saturated heterocycles. The number of benzene rings is 1. The third-order valence-corrected chi connectivity index (χ3v) is 2.10. The Morgan fingerprint density at radius 1 is 1.23 bits per heavy atom. The summed E-state index contributed by atoms with van der Waals surface area (Å²) < 4.78 is 0. The summed E-state index contributed by atoms with van der Waals surface area (Å²) >= 11 is 0. The number of nitrogens with one attached hydrogen (secondary N) is 1. The highest BCUT2D eigenvalue weighted by Crippen LogP contribution is 2.14. The molecule has 0 radical (unpaired) electrons. The predicted octanol–water partition coefficient (Wildman–Crippen LogP) is 0.255. The van der Waals surface area contributed by atoms with Crippen molar-refractivity contribution in [3.05, 3.63) is 35.9 Å². The molecule has 0 aliphatic heterocycles. The molecule has 1 aromatic rings. The summed E-state index contributed by atoms with van der Waals surface area (Å²) in [4.78, 5) is 1.37. The van der Waals surface area contributed by atoms with Gasteiger partial charge >= 0.3 is 0 Å². The number of aliphatic hydroxyl groups is 1. The van der Waals surface area contributed by atoms with Crippen LogP contribution < -0.4 is 4.90 Å². The number of aliphatic hydroxyl groups excluding tert-OH is 1. The molecule has 2 nitrogen and oxygen atoms in total. The molecule has 0 aliphatic carbocycles. The standard InChI is InChI=1S/C11H17NO/c1-12(2)9-8-11(13)10-6-4-3-5-7-10/h3-7,11,13H,8-9H2,1-2H3/p+1. The molecule has 0 heterocycles. The zero-order valence-corrected chi connectivity index (χ0v) is 8.33. The topological polar surface area (TPSA) is 24.7 Å². The van der Waals surface area contributed by atoms with Crippen LogP contribution >= 0.6 is 0 Å². The SMILES string of the molecule is C[NH+](C)CCC(O)c1ccccc1. The second-order valence-corrected chi connectivity index (χ2v) is 3.67. The van der Waals surface area contributed by atoms with Gasteiger partial charge in [0, 0.05) is 6.42 Å². The zero-order valence-electron chi connectivity index (χ0n) is 8.33. The second-order valence-electron chi connectivity index (χ2n) is 3.67. The monoisotopic (exact) mass is 180 g/mol. The highest BCUT2D eigenvalue weighted by molar-refractivity contribution is 5.16. The van der Waals surface area contributed by atoms with Crippen molar-refractivity contribution < 1.29 is 10.0 Å². The average molecular weight is 180 g/mol. The predicted molar refractivity (Wildman–Crippen MR) is 53.7 cm³/mol. The van der Waals surface area contributed by atoms with Gasteiger partial charge in [0.05, 0.1) is 26.7 Å². The van der Waals surface area contributed by atoms with Crippen LogP contribution in [0.5, 0.6) is 0 Å². The maximum Gasteiger partial charge on any atom is 0.0843 e. The fourth-order valence-electron chi connectivity index (χ4n) is 1.27. The number of hydrogen-bond acceptors (Lipinski definition) is 1. The number of rotatable bonds is 4. The Hall–Kier alpha value is -0.860. The minimum absolute atomic E-state index is 0.309. The molecule has 13 heavy (non-hydrogen) atoms. The van der Waals surface area contributed by atoms with Gasteiger partial charge in [-0.2, -0.15) is 0 Å². The average Bonchev–Trinajstić information content (AvgIpc) is 2.15. The lowest BCUT2D eigenvalue weighted by molar-refractivity contribution is -0.858. The van der Waals surface area contributed by atoms with Crippen molar-refractivity contribution in [3.8, 4) is 0 Å². The normalized spacial score (nSPS) is 13.2.